The van der Waals surface area contributed by atoms with Crippen molar-refractivity contribution in [1.29, 1.82) is 0 Å². The lowest BCUT2D eigenvalue weighted by atomic mass is 9.87. The number of nitrogens with zero attached hydrogens (tertiary/aromatic N) is 1. The van der Waals surface area contributed by atoms with Crippen LogP contribution in [0.25, 0.3) is 0 Å². The minimum absolute atomic E-state index is 0.0548. The first-order chi connectivity index (χ1) is 10.9. The van der Waals surface area contributed by atoms with E-state index >= 15 is 0 Å². The molecule has 23 heavy (non-hydrogen) atoms. The number of piperidine rings is 1. The summed E-state index contributed by atoms with van der Waals surface area (Å²) in [5, 5.41) is 0. The molecule has 1 saturated heterocycles. The monoisotopic (exact) mass is 317 g/mol. The van der Waals surface area contributed by atoms with Crippen LogP contribution in [0.2, 0.25) is 0 Å². The lowest BCUT2D eigenvalue weighted by Crippen LogP contribution is -2.36. The van der Waals surface area contributed by atoms with Crippen LogP contribution in [0.15, 0.2) is 35.5 Å². The molecule has 0 spiro atoms. The summed E-state index contributed by atoms with van der Waals surface area (Å²) in [6, 6.07) is 0. The largest absolute Gasteiger partial charge is 0.303 e. The fourth-order valence-electron chi connectivity index (χ4n) is 3.27. The van der Waals surface area contributed by atoms with Crippen molar-refractivity contribution in [2.24, 2.45) is 17.8 Å². The molecule has 1 fully saturated rings. The van der Waals surface area contributed by atoms with Gasteiger partial charge in [0.15, 0.2) is 5.78 Å². The Morgan fingerprint density at radius 1 is 1.04 bits per heavy atom. The fourth-order valence-corrected chi connectivity index (χ4v) is 3.27. The van der Waals surface area contributed by atoms with Crippen molar-refractivity contribution in [1.82, 2.24) is 4.90 Å². The number of ketones is 1. The summed E-state index contributed by atoms with van der Waals surface area (Å²) in [6.07, 6.45) is 10.8. The van der Waals surface area contributed by atoms with Crippen LogP contribution in [0.5, 0.6) is 0 Å². The number of hydrogen-bond donors (Lipinski definition) is 0. The van der Waals surface area contributed by atoms with Crippen LogP contribution < -0.4 is 0 Å². The molecule has 1 aliphatic heterocycles. The van der Waals surface area contributed by atoms with E-state index in [4.69, 9.17) is 0 Å². The second-order valence-corrected chi connectivity index (χ2v) is 7.35. The van der Waals surface area contributed by atoms with E-state index in [1.54, 1.807) is 0 Å². The Hall–Kier alpha value is -1.15. The van der Waals surface area contributed by atoms with E-state index in [0.717, 1.165) is 11.5 Å². The van der Waals surface area contributed by atoms with Crippen molar-refractivity contribution in [3.05, 3.63) is 35.5 Å². The molecule has 0 amide bonds. The Labute approximate surface area is 143 Å². The van der Waals surface area contributed by atoms with Gasteiger partial charge in [-0.3, -0.25) is 4.79 Å². The van der Waals surface area contributed by atoms with Gasteiger partial charge in [0.05, 0.1) is 0 Å². The zero-order valence-electron chi connectivity index (χ0n) is 15.9. The molecule has 0 aromatic rings. The number of carbonyl (C=O) groups excluding carboxylic acids is 1. The van der Waals surface area contributed by atoms with Gasteiger partial charge in [-0.25, -0.2) is 0 Å². The molecule has 2 nitrogen and oxygen atoms in total. The number of allylic oxidation sites excluding steroid dienone is 6. The highest BCUT2D eigenvalue weighted by atomic mass is 16.1. The smallest absolute Gasteiger partial charge is 0.165 e. The molecule has 1 heterocycles. The van der Waals surface area contributed by atoms with Crippen LogP contribution in [-0.4, -0.2) is 30.3 Å². The second kappa shape index (κ2) is 9.87. The van der Waals surface area contributed by atoms with Crippen LogP contribution >= 0.6 is 0 Å². The van der Waals surface area contributed by atoms with E-state index in [1.807, 2.05) is 32.9 Å². The summed E-state index contributed by atoms with van der Waals surface area (Å²) in [5.41, 5.74) is 2.21. The summed E-state index contributed by atoms with van der Waals surface area (Å²) in [7, 11) is 0. The number of hydrogen-bond acceptors (Lipinski definition) is 2. The molecule has 1 aliphatic rings. The van der Waals surface area contributed by atoms with Gasteiger partial charge in [-0.05, 0) is 57.2 Å². The third kappa shape index (κ3) is 6.47. The second-order valence-electron chi connectivity index (χ2n) is 7.35. The fraction of sp³-hybridized carbons (Fsp3) is 0.667. The van der Waals surface area contributed by atoms with Gasteiger partial charge in [0, 0.05) is 18.0 Å². The van der Waals surface area contributed by atoms with Crippen molar-refractivity contribution in [2.75, 3.05) is 19.6 Å². The lowest BCUT2D eigenvalue weighted by Gasteiger charge is -2.33. The number of rotatable bonds is 7. The van der Waals surface area contributed by atoms with Crippen LogP contribution in [-0.2, 0) is 4.79 Å². The van der Waals surface area contributed by atoms with Crippen molar-refractivity contribution < 1.29 is 4.79 Å². The molecule has 0 bridgehead atoms. The van der Waals surface area contributed by atoms with E-state index in [0.29, 0.717) is 5.92 Å². The molecule has 0 aliphatic carbocycles. The molecule has 0 radical (unpaired) electrons. The maximum atomic E-state index is 12.2. The summed E-state index contributed by atoms with van der Waals surface area (Å²) in [6.45, 7) is 16.1. The van der Waals surface area contributed by atoms with Crippen molar-refractivity contribution in [3.8, 4) is 0 Å². The summed E-state index contributed by atoms with van der Waals surface area (Å²) >= 11 is 0. The summed E-state index contributed by atoms with van der Waals surface area (Å²) in [5.74, 6) is 1.66. The number of likely N-dealkylation sites (tertiary alicyclic amines) is 1. The van der Waals surface area contributed by atoms with Gasteiger partial charge in [0.25, 0.3) is 0 Å². The third-order valence-electron chi connectivity index (χ3n) is 4.59. The Morgan fingerprint density at radius 2 is 1.65 bits per heavy atom. The zero-order valence-corrected chi connectivity index (χ0v) is 15.9. The quantitative estimate of drug-likeness (QED) is 0.485. The molecule has 0 unspecified atom stereocenters. The van der Waals surface area contributed by atoms with Crippen molar-refractivity contribution >= 4 is 5.78 Å². The first-order valence-electron chi connectivity index (χ1n) is 9.16. The van der Waals surface area contributed by atoms with Gasteiger partial charge < -0.3 is 4.90 Å². The molecule has 0 atom stereocenters. The summed E-state index contributed by atoms with van der Waals surface area (Å²) in [4.78, 5) is 14.7. The van der Waals surface area contributed by atoms with Crippen molar-refractivity contribution in [2.45, 2.75) is 54.4 Å². The average molecular weight is 318 g/mol. The van der Waals surface area contributed by atoms with E-state index in [2.05, 4.69) is 37.8 Å². The minimum Gasteiger partial charge on any atom is -0.303 e. The Kier molecular flexibility index (Phi) is 8.54. The van der Waals surface area contributed by atoms with E-state index < -0.39 is 0 Å². The maximum absolute atomic E-state index is 12.2. The van der Waals surface area contributed by atoms with Crippen LogP contribution in [0.4, 0.5) is 0 Å². The van der Waals surface area contributed by atoms with Crippen LogP contribution in [0.3, 0.4) is 0 Å². The highest BCUT2D eigenvalue weighted by molar-refractivity contribution is 5.99. The number of Topliss-reactive ketones (excluding diaryl/α,β-unsaturated/α-hetero) is 1. The molecule has 1 rings (SSSR count). The predicted octanol–water partition coefficient (Wildman–Crippen LogP) is 5.03. The van der Waals surface area contributed by atoms with Gasteiger partial charge in [0.2, 0.25) is 0 Å². The molecule has 0 N–H and O–H groups in total. The molecule has 0 aromatic heterocycles. The SMILES string of the molecule is C\C=C(/C=C\C(=C/C)C(=O)C(C)C)C1CCN(CC(C)C)CC1. The molecular weight excluding hydrogens is 282 g/mol. The molecule has 130 valence electrons. The highest BCUT2D eigenvalue weighted by Gasteiger charge is 2.21. The Balaban J connectivity index is 2.65. The van der Waals surface area contributed by atoms with Gasteiger partial charge in [-0.1, -0.05) is 52.0 Å². The maximum Gasteiger partial charge on any atom is 0.165 e. The van der Waals surface area contributed by atoms with Crippen LogP contribution in [0.1, 0.15) is 54.4 Å². The predicted molar refractivity (Wildman–Crippen MR) is 101 cm³/mol. The van der Waals surface area contributed by atoms with Gasteiger partial charge in [-0.15, -0.1) is 0 Å². The Bertz CT molecular complexity index is 460. The number of carbonyl (C=O) groups is 1. The van der Waals surface area contributed by atoms with Gasteiger partial charge in [-0.2, -0.15) is 0 Å². The minimum atomic E-state index is 0.0548. The first-order valence-corrected chi connectivity index (χ1v) is 9.16. The lowest BCUT2D eigenvalue weighted by molar-refractivity contribution is -0.117. The zero-order chi connectivity index (χ0) is 17.4. The van der Waals surface area contributed by atoms with Crippen LogP contribution in [0, 0.1) is 17.8 Å². The average Bonchev–Trinajstić information content (AvgIpc) is 2.51. The van der Waals surface area contributed by atoms with E-state index in [-0.39, 0.29) is 11.7 Å². The van der Waals surface area contributed by atoms with Gasteiger partial charge in [0.1, 0.15) is 0 Å². The molecular formula is C21H35NO. The topological polar surface area (TPSA) is 20.3 Å². The van der Waals surface area contributed by atoms with E-state index in [1.165, 1.54) is 38.0 Å². The molecule has 0 aromatic carbocycles. The molecule has 2 heteroatoms. The Morgan fingerprint density at radius 3 is 2.09 bits per heavy atom. The standard InChI is InChI=1S/C21H35NO/c1-7-18(9-10-19(8-2)21(23)17(5)6)20-11-13-22(14-12-20)15-16(3)4/h7-10,16-17,20H,11-15H2,1-6H3/b10-9-,18-7+,19-8+. The van der Waals surface area contributed by atoms with Gasteiger partial charge >= 0.3 is 0 Å². The highest BCUT2D eigenvalue weighted by Crippen LogP contribution is 2.26. The first kappa shape index (κ1) is 19.9. The third-order valence-corrected chi connectivity index (χ3v) is 4.59. The molecule has 0 saturated carbocycles. The summed E-state index contributed by atoms with van der Waals surface area (Å²) < 4.78 is 0. The normalized spacial score (nSPS) is 19.3. The van der Waals surface area contributed by atoms with E-state index in [9.17, 15) is 4.79 Å². The van der Waals surface area contributed by atoms with Crippen molar-refractivity contribution in [3.63, 3.8) is 0 Å².